The third-order valence-corrected chi connectivity index (χ3v) is 8.42. The number of hydrogen-bond donors (Lipinski definition) is 0. The van der Waals surface area contributed by atoms with Crippen LogP contribution in [0, 0.1) is 0 Å². The van der Waals surface area contributed by atoms with Crippen molar-refractivity contribution < 1.29 is 0 Å². The van der Waals surface area contributed by atoms with Gasteiger partial charge in [-0.05, 0) is 64.8 Å². The monoisotopic (exact) mass is 474 g/mol. The zero-order valence-electron chi connectivity index (χ0n) is 20.6. The van der Waals surface area contributed by atoms with Crippen LogP contribution in [-0.4, -0.2) is 9.97 Å². The van der Waals surface area contributed by atoms with E-state index in [1.165, 1.54) is 55.5 Å². The van der Waals surface area contributed by atoms with Gasteiger partial charge in [-0.3, -0.25) is 9.97 Å². The normalized spacial score (nSPS) is 17.9. The third kappa shape index (κ3) is 3.18. The van der Waals surface area contributed by atoms with E-state index in [4.69, 9.17) is 9.97 Å². The minimum absolute atomic E-state index is 0.402. The van der Waals surface area contributed by atoms with Crippen LogP contribution in [0.1, 0.15) is 40.8 Å². The third-order valence-electron chi connectivity index (χ3n) is 8.42. The molecule has 0 spiro atoms. The predicted octanol–water partition coefficient (Wildman–Crippen LogP) is 8.49. The average molecular weight is 475 g/mol. The molecule has 0 N–H and O–H groups in total. The summed E-state index contributed by atoms with van der Waals surface area (Å²) in [6.45, 7) is 0. The minimum Gasteiger partial charge on any atom is -0.252 e. The summed E-state index contributed by atoms with van der Waals surface area (Å²) in [4.78, 5) is 10.7. The Hall–Kier alpha value is -4.30. The summed E-state index contributed by atoms with van der Waals surface area (Å²) in [7, 11) is 0. The number of aromatic nitrogens is 2. The molecule has 4 aromatic carbocycles. The largest absolute Gasteiger partial charge is 0.252 e. The van der Waals surface area contributed by atoms with E-state index in [0.717, 1.165) is 30.3 Å². The average Bonchev–Trinajstić information content (AvgIpc) is 2.96. The second-order valence-corrected chi connectivity index (χ2v) is 10.5. The van der Waals surface area contributed by atoms with E-state index < -0.39 is 0 Å². The lowest BCUT2D eigenvalue weighted by atomic mass is 9.67. The lowest BCUT2D eigenvalue weighted by molar-refractivity contribution is 0.442. The summed E-state index contributed by atoms with van der Waals surface area (Å²) in [6, 6.07) is 39.1. The Morgan fingerprint density at radius 1 is 0.459 bits per heavy atom. The Bertz CT molecular complexity index is 1670. The second kappa shape index (κ2) is 8.11. The van der Waals surface area contributed by atoms with Crippen LogP contribution in [0.4, 0.5) is 0 Å². The summed E-state index contributed by atoms with van der Waals surface area (Å²) in [5.74, 6) is 0.803. The number of para-hydroxylation sites is 2. The molecule has 2 heterocycles. The molecule has 2 heteroatoms. The van der Waals surface area contributed by atoms with E-state index >= 15 is 0 Å². The van der Waals surface area contributed by atoms with Gasteiger partial charge in [0.2, 0.25) is 0 Å². The molecule has 37 heavy (non-hydrogen) atoms. The summed E-state index contributed by atoms with van der Waals surface area (Å²) in [6.07, 6.45) is 3.10. The molecule has 0 saturated heterocycles. The van der Waals surface area contributed by atoms with Crippen LogP contribution in [-0.2, 0) is 12.8 Å². The molecule has 2 nitrogen and oxygen atoms in total. The Morgan fingerprint density at radius 3 is 1.32 bits per heavy atom. The van der Waals surface area contributed by atoms with Crippen LogP contribution in [0.2, 0.25) is 0 Å². The molecule has 2 aliphatic rings. The first-order chi connectivity index (χ1) is 18.3. The highest BCUT2D eigenvalue weighted by Gasteiger charge is 2.39. The maximum atomic E-state index is 5.34. The van der Waals surface area contributed by atoms with Gasteiger partial charge in [0.25, 0.3) is 0 Å². The fraction of sp³-hybridized carbons (Fsp3) is 0.143. The van der Waals surface area contributed by atoms with Crippen LogP contribution < -0.4 is 0 Å². The van der Waals surface area contributed by atoms with Gasteiger partial charge in [0.05, 0.1) is 11.0 Å². The fourth-order valence-corrected chi connectivity index (χ4v) is 6.92. The standard InChI is InChI=1S/C35H26N2/c1-3-11-22(12-4-1)32-26-15-7-9-17-30(26)36-34-25-19-24(20-28(32)34)35-29(21-25)33(23-13-5-2-6-14-23)27-16-8-10-18-31(27)37-35/h1-18,24-25H,19-21H2/t24-,25-/m0/s1. The minimum atomic E-state index is 0.402. The smallest absolute Gasteiger partial charge is 0.0711 e. The molecule has 8 rings (SSSR count). The van der Waals surface area contributed by atoms with Gasteiger partial charge in [-0.25, -0.2) is 0 Å². The van der Waals surface area contributed by atoms with E-state index in [9.17, 15) is 0 Å². The first-order valence-electron chi connectivity index (χ1n) is 13.3. The van der Waals surface area contributed by atoms with E-state index in [-0.39, 0.29) is 0 Å². The van der Waals surface area contributed by atoms with Crippen molar-refractivity contribution in [3.05, 3.63) is 132 Å². The lowest BCUT2D eigenvalue weighted by Gasteiger charge is -2.39. The molecule has 0 saturated carbocycles. The van der Waals surface area contributed by atoms with Gasteiger partial charge < -0.3 is 0 Å². The Balaban J connectivity index is 1.39. The maximum Gasteiger partial charge on any atom is 0.0711 e. The number of nitrogens with zero attached hydrogens (tertiary/aromatic N) is 2. The molecule has 0 fully saturated rings. The van der Waals surface area contributed by atoms with Gasteiger partial charge in [-0.15, -0.1) is 0 Å². The van der Waals surface area contributed by atoms with Gasteiger partial charge in [0.1, 0.15) is 0 Å². The predicted molar refractivity (Wildman–Crippen MR) is 152 cm³/mol. The van der Waals surface area contributed by atoms with Crippen LogP contribution in [0.3, 0.4) is 0 Å². The van der Waals surface area contributed by atoms with Gasteiger partial charge in [0.15, 0.2) is 0 Å². The summed E-state index contributed by atoms with van der Waals surface area (Å²) in [5, 5.41) is 2.51. The summed E-state index contributed by atoms with van der Waals surface area (Å²) < 4.78 is 0. The summed E-state index contributed by atoms with van der Waals surface area (Å²) >= 11 is 0. The van der Waals surface area contributed by atoms with Gasteiger partial charge >= 0.3 is 0 Å². The molecule has 2 aliphatic carbocycles. The molecule has 2 atom stereocenters. The number of fused-ring (bicyclic) bond motifs is 8. The SMILES string of the molecule is c1ccc(-c2c3c(nc4ccccc24)[C@@H]2Cc4c(nc5ccccc5c4-c4ccccc4)[C@H](C3)C2)cc1. The molecule has 0 unspecified atom stereocenters. The van der Waals surface area contributed by atoms with Gasteiger partial charge in [-0.2, -0.15) is 0 Å². The van der Waals surface area contributed by atoms with Crippen LogP contribution in [0.5, 0.6) is 0 Å². The van der Waals surface area contributed by atoms with Crippen molar-refractivity contribution in [2.45, 2.75) is 31.1 Å². The number of rotatable bonds is 2. The van der Waals surface area contributed by atoms with Crippen LogP contribution in [0.25, 0.3) is 44.1 Å². The number of hydrogen-bond acceptors (Lipinski definition) is 2. The molecular weight excluding hydrogens is 448 g/mol. The highest BCUT2D eigenvalue weighted by molar-refractivity contribution is 5.98. The molecule has 2 bridgehead atoms. The zero-order valence-corrected chi connectivity index (χ0v) is 20.6. The second-order valence-electron chi connectivity index (χ2n) is 10.5. The van der Waals surface area contributed by atoms with E-state index in [1.54, 1.807) is 0 Å². The highest BCUT2D eigenvalue weighted by atomic mass is 14.8. The van der Waals surface area contributed by atoms with Crippen molar-refractivity contribution in [3.63, 3.8) is 0 Å². The first kappa shape index (κ1) is 20.8. The molecular formula is C35H26N2. The van der Waals surface area contributed by atoms with Crippen molar-refractivity contribution >= 4 is 21.8 Å². The number of benzene rings is 4. The summed E-state index contributed by atoms with van der Waals surface area (Å²) in [5.41, 5.74) is 12.9. The molecule has 176 valence electrons. The van der Waals surface area contributed by atoms with Crippen molar-refractivity contribution in [1.29, 1.82) is 0 Å². The quantitative estimate of drug-likeness (QED) is 0.251. The topological polar surface area (TPSA) is 25.8 Å². The van der Waals surface area contributed by atoms with Gasteiger partial charge in [-0.1, -0.05) is 97.1 Å². The van der Waals surface area contributed by atoms with E-state index in [2.05, 4.69) is 109 Å². The Morgan fingerprint density at radius 2 is 0.865 bits per heavy atom. The molecule has 0 amide bonds. The van der Waals surface area contributed by atoms with Crippen molar-refractivity contribution in [1.82, 2.24) is 9.97 Å². The Labute approximate surface area is 216 Å². The lowest BCUT2D eigenvalue weighted by Crippen LogP contribution is -2.28. The number of pyridine rings is 2. The maximum absolute atomic E-state index is 5.34. The van der Waals surface area contributed by atoms with Crippen molar-refractivity contribution in [2.75, 3.05) is 0 Å². The van der Waals surface area contributed by atoms with Gasteiger partial charge in [0, 0.05) is 34.0 Å². The van der Waals surface area contributed by atoms with Crippen molar-refractivity contribution in [2.24, 2.45) is 0 Å². The highest BCUT2D eigenvalue weighted by Crippen LogP contribution is 2.52. The van der Waals surface area contributed by atoms with Crippen molar-refractivity contribution in [3.8, 4) is 22.3 Å². The first-order valence-corrected chi connectivity index (χ1v) is 13.3. The zero-order chi connectivity index (χ0) is 24.3. The Kier molecular flexibility index (Phi) is 4.57. The molecule has 6 aromatic rings. The van der Waals surface area contributed by atoms with E-state index in [1.807, 2.05) is 0 Å². The molecule has 0 radical (unpaired) electrons. The van der Waals surface area contributed by atoms with Crippen LogP contribution >= 0.6 is 0 Å². The van der Waals surface area contributed by atoms with E-state index in [0.29, 0.717) is 11.8 Å². The molecule has 2 aromatic heterocycles. The molecule has 0 aliphatic heterocycles. The van der Waals surface area contributed by atoms with Crippen LogP contribution in [0.15, 0.2) is 109 Å². The fourth-order valence-electron chi connectivity index (χ4n) is 6.92.